The summed E-state index contributed by atoms with van der Waals surface area (Å²) in [6, 6.07) is 1.72. The van der Waals surface area contributed by atoms with E-state index in [0.717, 1.165) is 11.1 Å². The van der Waals surface area contributed by atoms with Gasteiger partial charge >= 0.3 is 0 Å². The molecule has 0 aliphatic carbocycles. The van der Waals surface area contributed by atoms with Gasteiger partial charge in [0.2, 0.25) is 0 Å². The zero-order chi connectivity index (χ0) is 14.8. The van der Waals surface area contributed by atoms with E-state index >= 15 is 0 Å². The van der Waals surface area contributed by atoms with Gasteiger partial charge in [0, 0.05) is 31.2 Å². The van der Waals surface area contributed by atoms with Gasteiger partial charge in [-0.2, -0.15) is 0 Å². The van der Waals surface area contributed by atoms with Crippen LogP contribution in [0.15, 0.2) is 35.5 Å². The number of nitrogens with zero attached hydrogens (tertiary/aromatic N) is 4. The first-order chi connectivity index (χ1) is 10.1. The summed E-state index contributed by atoms with van der Waals surface area (Å²) in [5, 5.41) is 7.51. The number of hydrogen-bond donors (Lipinski definition) is 1. The van der Waals surface area contributed by atoms with Gasteiger partial charge in [0.05, 0.1) is 23.0 Å². The van der Waals surface area contributed by atoms with Crippen molar-refractivity contribution in [2.45, 2.75) is 26.4 Å². The molecule has 0 aromatic carbocycles. The Morgan fingerprint density at radius 1 is 1.52 bits per heavy atom. The first-order valence-electron chi connectivity index (χ1n) is 6.62. The van der Waals surface area contributed by atoms with E-state index in [1.165, 1.54) is 6.20 Å². The number of hydrogen-bond acceptors (Lipinski definition) is 5. The number of rotatable bonds is 4. The molecule has 3 aromatic heterocycles. The molecule has 1 N–H and O–H groups in total. The number of aromatic nitrogens is 4. The van der Waals surface area contributed by atoms with Crippen molar-refractivity contribution in [2.24, 2.45) is 0 Å². The molecule has 0 bridgehead atoms. The molecule has 0 aliphatic heterocycles. The van der Waals surface area contributed by atoms with E-state index < -0.39 is 0 Å². The van der Waals surface area contributed by atoms with Crippen molar-refractivity contribution in [1.82, 2.24) is 25.0 Å². The maximum atomic E-state index is 12.2. The molecule has 3 heterocycles. The van der Waals surface area contributed by atoms with Crippen LogP contribution in [-0.4, -0.2) is 31.6 Å². The predicted octanol–water partition coefficient (Wildman–Crippen LogP) is 1.55. The molecule has 0 saturated heterocycles. The second-order valence-corrected chi connectivity index (χ2v) is 4.98. The Kier molecular flexibility index (Phi) is 3.39. The predicted molar refractivity (Wildman–Crippen MR) is 75.7 cm³/mol. The van der Waals surface area contributed by atoms with Gasteiger partial charge in [-0.25, -0.2) is 9.97 Å². The van der Waals surface area contributed by atoms with Gasteiger partial charge in [0.15, 0.2) is 0 Å². The number of aryl methyl sites for hydroxylation is 1. The number of pyridine rings is 1. The Morgan fingerprint density at radius 3 is 3.14 bits per heavy atom. The van der Waals surface area contributed by atoms with Crippen LogP contribution in [-0.2, 0) is 6.54 Å². The van der Waals surface area contributed by atoms with Gasteiger partial charge in [-0.05, 0) is 19.9 Å². The van der Waals surface area contributed by atoms with Crippen molar-refractivity contribution in [3.63, 3.8) is 0 Å². The van der Waals surface area contributed by atoms with Gasteiger partial charge in [0.1, 0.15) is 0 Å². The van der Waals surface area contributed by atoms with Crippen molar-refractivity contribution in [3.05, 3.63) is 42.2 Å². The molecular weight excluding hydrogens is 270 g/mol. The molecule has 1 unspecified atom stereocenters. The third-order valence-electron chi connectivity index (χ3n) is 3.19. The number of fused-ring (bicyclic) bond motifs is 1. The fraction of sp³-hybridized carbons (Fsp3) is 0.286. The highest BCUT2D eigenvalue weighted by molar-refractivity contribution is 5.97. The highest BCUT2D eigenvalue weighted by atomic mass is 16.5. The Morgan fingerprint density at radius 2 is 2.38 bits per heavy atom. The third kappa shape index (κ3) is 2.76. The van der Waals surface area contributed by atoms with Crippen molar-refractivity contribution in [3.8, 4) is 0 Å². The molecule has 0 fully saturated rings. The molecule has 21 heavy (non-hydrogen) atoms. The monoisotopic (exact) mass is 285 g/mol. The lowest BCUT2D eigenvalue weighted by molar-refractivity contribution is 0.0936. The summed E-state index contributed by atoms with van der Waals surface area (Å²) in [7, 11) is 0. The molecular formula is C14H15N5O2. The molecule has 7 heteroatoms. The van der Waals surface area contributed by atoms with Gasteiger partial charge in [-0.1, -0.05) is 5.16 Å². The SMILES string of the molecule is Cc1noc2ncc(C(=O)NC(C)Cn3ccnc3)cc12. The summed E-state index contributed by atoms with van der Waals surface area (Å²) in [6.07, 6.45) is 6.78. The number of nitrogens with one attached hydrogen (secondary N) is 1. The minimum absolute atomic E-state index is 0.0223. The van der Waals surface area contributed by atoms with E-state index in [9.17, 15) is 4.79 Å². The van der Waals surface area contributed by atoms with Crippen LogP contribution in [0.3, 0.4) is 0 Å². The van der Waals surface area contributed by atoms with Crippen molar-refractivity contribution < 1.29 is 9.32 Å². The second kappa shape index (κ2) is 5.35. The quantitative estimate of drug-likeness (QED) is 0.786. The van der Waals surface area contributed by atoms with E-state index in [2.05, 4.69) is 20.4 Å². The Bertz CT molecular complexity index is 763. The number of carbonyl (C=O) groups is 1. The lowest BCUT2D eigenvalue weighted by Crippen LogP contribution is -2.35. The van der Waals surface area contributed by atoms with Crippen LogP contribution >= 0.6 is 0 Å². The van der Waals surface area contributed by atoms with Gasteiger partial charge in [-0.15, -0.1) is 0 Å². The van der Waals surface area contributed by atoms with E-state index in [4.69, 9.17) is 4.52 Å². The molecule has 0 radical (unpaired) electrons. The van der Waals surface area contributed by atoms with Gasteiger partial charge < -0.3 is 14.4 Å². The topological polar surface area (TPSA) is 85.8 Å². The summed E-state index contributed by atoms with van der Waals surface area (Å²) in [5.41, 5.74) is 1.65. The highest BCUT2D eigenvalue weighted by Crippen LogP contribution is 2.16. The molecule has 0 saturated carbocycles. The van der Waals surface area contributed by atoms with Crippen molar-refractivity contribution >= 4 is 17.0 Å². The van der Waals surface area contributed by atoms with Crippen LogP contribution in [0.5, 0.6) is 0 Å². The first-order valence-corrected chi connectivity index (χ1v) is 6.62. The first kappa shape index (κ1) is 13.3. The van der Waals surface area contributed by atoms with Gasteiger partial charge in [-0.3, -0.25) is 4.79 Å². The summed E-state index contributed by atoms with van der Waals surface area (Å²) in [6.45, 7) is 4.42. The molecule has 1 amide bonds. The third-order valence-corrected chi connectivity index (χ3v) is 3.19. The zero-order valence-corrected chi connectivity index (χ0v) is 11.8. The van der Waals surface area contributed by atoms with Crippen LogP contribution in [0, 0.1) is 6.92 Å². The van der Waals surface area contributed by atoms with E-state index in [1.54, 1.807) is 18.6 Å². The molecule has 0 aliphatic rings. The fourth-order valence-corrected chi connectivity index (χ4v) is 2.13. The average molecular weight is 285 g/mol. The molecule has 1 atom stereocenters. The van der Waals surface area contributed by atoms with Crippen LogP contribution in [0.25, 0.3) is 11.1 Å². The van der Waals surface area contributed by atoms with Crippen LogP contribution < -0.4 is 5.32 Å². The average Bonchev–Trinajstić information content (AvgIpc) is 3.09. The fourth-order valence-electron chi connectivity index (χ4n) is 2.13. The van der Waals surface area contributed by atoms with E-state index in [1.807, 2.05) is 24.6 Å². The standard InChI is InChI=1S/C14H15N5O2/c1-9(7-19-4-3-15-8-19)17-13(20)11-5-12-10(2)18-21-14(12)16-6-11/h3-6,8-9H,7H2,1-2H3,(H,17,20). The maximum Gasteiger partial charge on any atom is 0.257 e. The smallest absolute Gasteiger partial charge is 0.257 e. The number of carbonyl (C=O) groups excluding carboxylic acids is 1. The van der Waals surface area contributed by atoms with E-state index in [-0.39, 0.29) is 11.9 Å². The van der Waals surface area contributed by atoms with Crippen molar-refractivity contribution in [2.75, 3.05) is 0 Å². The van der Waals surface area contributed by atoms with Crippen LogP contribution in [0.4, 0.5) is 0 Å². The van der Waals surface area contributed by atoms with Crippen LogP contribution in [0.1, 0.15) is 23.0 Å². The Hall–Kier alpha value is -2.70. The molecule has 7 nitrogen and oxygen atoms in total. The number of amides is 1. The lowest BCUT2D eigenvalue weighted by Gasteiger charge is -2.14. The normalized spacial score (nSPS) is 12.5. The van der Waals surface area contributed by atoms with Gasteiger partial charge in [0.25, 0.3) is 11.6 Å². The Labute approximate surface area is 121 Å². The molecule has 108 valence electrons. The zero-order valence-electron chi connectivity index (χ0n) is 11.8. The molecule has 0 spiro atoms. The minimum atomic E-state index is -0.169. The summed E-state index contributed by atoms with van der Waals surface area (Å²) >= 11 is 0. The maximum absolute atomic E-state index is 12.2. The second-order valence-electron chi connectivity index (χ2n) is 4.98. The number of imidazole rings is 1. The summed E-state index contributed by atoms with van der Waals surface area (Å²) < 4.78 is 6.94. The van der Waals surface area contributed by atoms with Crippen molar-refractivity contribution in [1.29, 1.82) is 0 Å². The summed E-state index contributed by atoms with van der Waals surface area (Å²) in [4.78, 5) is 20.3. The van der Waals surface area contributed by atoms with E-state index in [0.29, 0.717) is 17.8 Å². The molecule has 3 aromatic rings. The highest BCUT2D eigenvalue weighted by Gasteiger charge is 2.13. The molecule has 3 rings (SSSR count). The van der Waals surface area contributed by atoms with Crippen LogP contribution in [0.2, 0.25) is 0 Å². The lowest BCUT2D eigenvalue weighted by atomic mass is 10.2. The Balaban J connectivity index is 1.72. The summed E-state index contributed by atoms with van der Waals surface area (Å²) in [5.74, 6) is -0.169. The minimum Gasteiger partial charge on any atom is -0.348 e. The largest absolute Gasteiger partial charge is 0.348 e.